The number of benzene rings is 4. The van der Waals surface area contributed by atoms with Crippen LogP contribution in [0.2, 0.25) is 5.02 Å². The molecule has 1 amide bonds. The lowest BCUT2D eigenvalue weighted by Crippen LogP contribution is -2.15. The maximum absolute atomic E-state index is 12.7. The highest BCUT2D eigenvalue weighted by Gasteiger charge is 2.17. The lowest BCUT2D eigenvalue weighted by molar-refractivity contribution is 0.102. The monoisotopic (exact) mass is 436 g/mol. The molecule has 0 fully saturated rings. The first kappa shape index (κ1) is 19.9. The van der Waals surface area contributed by atoms with Crippen LogP contribution in [0.1, 0.15) is 10.4 Å². The molecule has 0 saturated carbocycles. The summed E-state index contributed by atoms with van der Waals surface area (Å²) < 4.78 is 27.4. The van der Waals surface area contributed by atoms with E-state index >= 15 is 0 Å². The van der Waals surface area contributed by atoms with Crippen LogP contribution in [0.25, 0.3) is 10.8 Å². The molecule has 30 heavy (non-hydrogen) atoms. The summed E-state index contributed by atoms with van der Waals surface area (Å²) in [4.78, 5) is 12.8. The van der Waals surface area contributed by atoms with Gasteiger partial charge in [0.2, 0.25) is 0 Å². The molecule has 0 atom stereocenters. The number of sulfonamides is 1. The molecule has 0 heterocycles. The fraction of sp³-hybridized carbons (Fsp3) is 0. The molecule has 0 unspecified atom stereocenters. The molecule has 5 nitrogen and oxygen atoms in total. The summed E-state index contributed by atoms with van der Waals surface area (Å²) in [6, 6.07) is 25.8. The third-order valence-corrected chi connectivity index (χ3v) is 6.26. The number of fused-ring (bicyclic) bond motifs is 1. The summed E-state index contributed by atoms with van der Waals surface area (Å²) >= 11 is 6.26. The van der Waals surface area contributed by atoms with Crippen molar-refractivity contribution in [3.8, 4) is 0 Å². The molecule has 0 aliphatic rings. The zero-order chi connectivity index (χ0) is 21.1. The minimum absolute atomic E-state index is 0.124. The highest BCUT2D eigenvalue weighted by Crippen LogP contribution is 2.27. The van der Waals surface area contributed by atoms with E-state index in [1.807, 2.05) is 42.5 Å². The van der Waals surface area contributed by atoms with Crippen LogP contribution in [0.15, 0.2) is 95.9 Å². The van der Waals surface area contributed by atoms with E-state index in [4.69, 9.17) is 11.6 Å². The Morgan fingerprint density at radius 1 is 0.767 bits per heavy atom. The average Bonchev–Trinajstić information content (AvgIpc) is 2.76. The number of hydrogen-bond acceptors (Lipinski definition) is 3. The van der Waals surface area contributed by atoms with E-state index in [1.165, 1.54) is 30.3 Å². The average molecular weight is 437 g/mol. The molecular formula is C23H17ClN2O3S. The Labute approximate surface area is 179 Å². The maximum Gasteiger partial charge on any atom is 0.261 e. The van der Waals surface area contributed by atoms with E-state index < -0.39 is 10.0 Å². The van der Waals surface area contributed by atoms with Gasteiger partial charge in [-0.15, -0.1) is 0 Å². The third-order valence-electron chi connectivity index (χ3n) is 4.57. The molecule has 4 aromatic carbocycles. The zero-order valence-corrected chi connectivity index (χ0v) is 17.2. The molecule has 0 aliphatic heterocycles. The van der Waals surface area contributed by atoms with Gasteiger partial charge < -0.3 is 5.32 Å². The SMILES string of the molecule is O=C(Nc1cccc2ccccc12)c1ccc(NS(=O)(=O)c2ccccc2)c(Cl)c1. The number of halogens is 1. The van der Waals surface area contributed by atoms with E-state index in [0.717, 1.165) is 10.8 Å². The van der Waals surface area contributed by atoms with Crippen LogP contribution in [-0.2, 0) is 10.0 Å². The van der Waals surface area contributed by atoms with Gasteiger partial charge in [0.25, 0.3) is 15.9 Å². The number of carbonyl (C=O) groups is 1. The summed E-state index contributed by atoms with van der Waals surface area (Å²) in [6.07, 6.45) is 0. The van der Waals surface area contributed by atoms with Crippen molar-refractivity contribution in [2.24, 2.45) is 0 Å². The van der Waals surface area contributed by atoms with Crippen LogP contribution in [0.3, 0.4) is 0 Å². The second-order valence-electron chi connectivity index (χ2n) is 6.59. The second kappa shape index (κ2) is 8.18. The predicted octanol–water partition coefficient (Wildman–Crippen LogP) is 5.55. The Morgan fingerprint density at radius 3 is 2.23 bits per heavy atom. The summed E-state index contributed by atoms with van der Waals surface area (Å²) in [5, 5.41) is 4.95. The fourth-order valence-electron chi connectivity index (χ4n) is 3.07. The molecule has 0 spiro atoms. The third kappa shape index (κ3) is 4.15. The van der Waals surface area contributed by atoms with Crippen LogP contribution in [0.4, 0.5) is 11.4 Å². The van der Waals surface area contributed by atoms with Gasteiger partial charge in [0.05, 0.1) is 15.6 Å². The van der Waals surface area contributed by atoms with Crippen molar-refractivity contribution in [3.05, 3.63) is 102 Å². The normalized spacial score (nSPS) is 11.2. The minimum atomic E-state index is -3.78. The van der Waals surface area contributed by atoms with E-state index in [2.05, 4.69) is 10.0 Å². The van der Waals surface area contributed by atoms with Gasteiger partial charge in [-0.2, -0.15) is 0 Å². The van der Waals surface area contributed by atoms with Crippen molar-refractivity contribution in [1.29, 1.82) is 0 Å². The van der Waals surface area contributed by atoms with Gasteiger partial charge in [-0.3, -0.25) is 9.52 Å². The van der Waals surface area contributed by atoms with Crippen molar-refractivity contribution < 1.29 is 13.2 Å². The number of nitrogens with one attached hydrogen (secondary N) is 2. The van der Waals surface area contributed by atoms with Gasteiger partial charge in [0.1, 0.15) is 0 Å². The van der Waals surface area contributed by atoms with Crippen LogP contribution in [-0.4, -0.2) is 14.3 Å². The van der Waals surface area contributed by atoms with Crippen molar-refractivity contribution in [1.82, 2.24) is 0 Å². The number of hydrogen-bond donors (Lipinski definition) is 2. The van der Waals surface area contributed by atoms with Crippen LogP contribution < -0.4 is 10.0 Å². The van der Waals surface area contributed by atoms with Crippen molar-refractivity contribution in [3.63, 3.8) is 0 Å². The zero-order valence-electron chi connectivity index (χ0n) is 15.7. The number of carbonyl (C=O) groups excluding carboxylic acids is 1. The van der Waals surface area contributed by atoms with Gasteiger partial charge in [-0.05, 0) is 41.8 Å². The lowest BCUT2D eigenvalue weighted by atomic mass is 10.1. The first-order chi connectivity index (χ1) is 14.4. The van der Waals surface area contributed by atoms with Crippen LogP contribution >= 0.6 is 11.6 Å². The topological polar surface area (TPSA) is 75.3 Å². The van der Waals surface area contributed by atoms with Gasteiger partial charge in [-0.1, -0.05) is 66.2 Å². The Kier molecular flexibility index (Phi) is 5.44. The van der Waals surface area contributed by atoms with Gasteiger partial charge in [-0.25, -0.2) is 8.42 Å². The molecule has 150 valence electrons. The van der Waals surface area contributed by atoms with E-state index in [0.29, 0.717) is 11.3 Å². The first-order valence-electron chi connectivity index (χ1n) is 9.10. The number of amides is 1. The Balaban J connectivity index is 1.56. The van der Waals surface area contributed by atoms with Crippen molar-refractivity contribution >= 4 is 49.7 Å². The molecule has 0 aromatic heterocycles. The van der Waals surface area contributed by atoms with E-state index in [9.17, 15) is 13.2 Å². The summed E-state index contributed by atoms with van der Waals surface area (Å²) in [5.74, 6) is -0.342. The number of rotatable bonds is 5. The lowest BCUT2D eigenvalue weighted by Gasteiger charge is -2.12. The molecule has 7 heteroatoms. The smallest absolute Gasteiger partial charge is 0.261 e. The van der Waals surface area contributed by atoms with Crippen molar-refractivity contribution in [2.75, 3.05) is 10.0 Å². The molecular weight excluding hydrogens is 420 g/mol. The minimum Gasteiger partial charge on any atom is -0.321 e. The molecule has 4 aromatic rings. The van der Waals surface area contributed by atoms with Crippen LogP contribution in [0.5, 0.6) is 0 Å². The molecule has 4 rings (SSSR count). The van der Waals surface area contributed by atoms with Gasteiger partial charge in [0, 0.05) is 16.6 Å². The summed E-state index contributed by atoms with van der Waals surface area (Å²) in [7, 11) is -3.78. The maximum atomic E-state index is 12.7. The highest BCUT2D eigenvalue weighted by atomic mass is 35.5. The molecule has 2 N–H and O–H groups in total. The standard InChI is InChI=1S/C23H17ClN2O3S/c24-20-15-17(13-14-22(20)26-30(28,29)18-9-2-1-3-10-18)23(27)25-21-12-6-8-16-7-4-5-11-19(16)21/h1-15,26H,(H,25,27). The molecule has 0 aliphatic carbocycles. The fourth-order valence-corrected chi connectivity index (χ4v) is 4.46. The second-order valence-corrected chi connectivity index (χ2v) is 8.68. The number of anilines is 2. The largest absolute Gasteiger partial charge is 0.321 e. The summed E-state index contributed by atoms with van der Waals surface area (Å²) in [6.45, 7) is 0. The molecule has 0 saturated heterocycles. The Hall–Kier alpha value is -3.35. The van der Waals surface area contributed by atoms with Gasteiger partial charge >= 0.3 is 0 Å². The van der Waals surface area contributed by atoms with E-state index in [1.54, 1.807) is 18.2 Å². The van der Waals surface area contributed by atoms with Crippen LogP contribution in [0, 0.1) is 0 Å². The predicted molar refractivity (Wildman–Crippen MR) is 121 cm³/mol. The summed E-state index contributed by atoms with van der Waals surface area (Å²) in [5.41, 5.74) is 1.20. The Bertz CT molecular complexity index is 1330. The molecule has 0 bridgehead atoms. The van der Waals surface area contributed by atoms with E-state index in [-0.39, 0.29) is 21.5 Å². The quantitative estimate of drug-likeness (QED) is 0.431. The molecule has 0 radical (unpaired) electrons. The van der Waals surface area contributed by atoms with Crippen molar-refractivity contribution in [2.45, 2.75) is 4.90 Å². The Morgan fingerprint density at radius 2 is 1.47 bits per heavy atom. The highest BCUT2D eigenvalue weighted by molar-refractivity contribution is 7.92. The first-order valence-corrected chi connectivity index (χ1v) is 11.0. The van der Waals surface area contributed by atoms with Gasteiger partial charge in [0.15, 0.2) is 0 Å².